The Balaban J connectivity index is 4.38. The molecule has 0 rings (SSSR count). The van der Waals surface area contributed by atoms with Crippen LogP contribution in [0.3, 0.4) is 0 Å². The van der Waals surface area contributed by atoms with Gasteiger partial charge in [-0.05, 0) is 89.9 Å². The third-order valence-electron chi connectivity index (χ3n) is 10.2. The van der Waals surface area contributed by atoms with Gasteiger partial charge < -0.3 is 28.6 Å². The molecule has 8 nitrogen and oxygen atoms in total. The molecule has 352 valence electrons. The van der Waals surface area contributed by atoms with Crippen molar-refractivity contribution in [2.45, 2.75) is 187 Å². The van der Waals surface area contributed by atoms with E-state index in [9.17, 15) is 19.5 Å². The summed E-state index contributed by atoms with van der Waals surface area (Å²) in [4.78, 5) is 37.0. The van der Waals surface area contributed by atoms with Gasteiger partial charge in [-0.1, -0.05) is 162 Å². The van der Waals surface area contributed by atoms with Crippen molar-refractivity contribution in [1.29, 1.82) is 0 Å². The Kier molecular flexibility index (Phi) is 41.2. The maximum absolute atomic E-state index is 12.8. The van der Waals surface area contributed by atoms with Crippen molar-refractivity contribution in [3.05, 3.63) is 97.2 Å². The molecule has 0 aliphatic heterocycles. The van der Waals surface area contributed by atoms with Crippen LogP contribution in [-0.4, -0.2) is 75.5 Å². The highest BCUT2D eigenvalue weighted by atomic mass is 16.6. The number of nitrogens with zero attached hydrogens (tertiary/aromatic N) is 1. The van der Waals surface area contributed by atoms with E-state index in [1.165, 1.54) is 32.1 Å². The zero-order chi connectivity index (χ0) is 45.6. The Morgan fingerprint density at radius 3 is 1.44 bits per heavy atom. The van der Waals surface area contributed by atoms with Crippen LogP contribution in [0.5, 0.6) is 0 Å². The highest BCUT2D eigenvalue weighted by Crippen LogP contribution is 2.13. The van der Waals surface area contributed by atoms with Crippen molar-refractivity contribution >= 4 is 17.9 Å². The topological polar surface area (TPSA) is 102 Å². The molecule has 0 aromatic rings. The molecule has 0 radical (unpaired) electrons. The normalized spacial score (nSPS) is 13.8. The molecular weight excluding hydrogens is 775 g/mol. The largest absolute Gasteiger partial charge is 0.544 e. The van der Waals surface area contributed by atoms with Gasteiger partial charge >= 0.3 is 11.9 Å². The number of esters is 2. The van der Waals surface area contributed by atoms with Crippen LogP contribution in [0.25, 0.3) is 0 Å². The van der Waals surface area contributed by atoms with E-state index >= 15 is 0 Å². The van der Waals surface area contributed by atoms with Gasteiger partial charge in [-0.2, -0.15) is 0 Å². The minimum atomic E-state index is -1.14. The van der Waals surface area contributed by atoms with Gasteiger partial charge in [0, 0.05) is 19.3 Å². The smallest absolute Gasteiger partial charge is 0.306 e. The first-order valence-electron chi connectivity index (χ1n) is 24.3. The number of carboxylic acid groups (broad SMARTS) is 1. The van der Waals surface area contributed by atoms with Crippen molar-refractivity contribution in [2.24, 2.45) is 0 Å². The lowest BCUT2D eigenvalue weighted by Gasteiger charge is -2.34. The molecule has 0 fully saturated rings. The molecule has 0 heterocycles. The molecule has 62 heavy (non-hydrogen) atoms. The minimum Gasteiger partial charge on any atom is -0.544 e. The van der Waals surface area contributed by atoms with Crippen molar-refractivity contribution < 1.29 is 38.2 Å². The highest BCUT2D eigenvalue weighted by Gasteiger charge is 2.25. The zero-order valence-electron chi connectivity index (χ0n) is 40.0. The van der Waals surface area contributed by atoms with Crippen LogP contribution in [0.4, 0.5) is 0 Å². The molecule has 0 aromatic heterocycles. The molecule has 0 saturated carbocycles. The SMILES string of the molecule is CC/C=C/C/C=C/C/C=C/C/C=C/C/C=C/C/C=C/CCCCCCC(=O)OC(COCCC(C(=O)[O-])[N+](C)(C)C)COC(=O)CCCCCCCC/C=C/C=C/CCCCC. The second-order valence-corrected chi connectivity index (χ2v) is 17.0. The number of likely N-dealkylation sites (N-methyl/N-ethyl adjacent to an activating group) is 1. The van der Waals surface area contributed by atoms with E-state index in [0.717, 1.165) is 109 Å². The van der Waals surface area contributed by atoms with Crippen LogP contribution in [0, 0.1) is 0 Å². The summed E-state index contributed by atoms with van der Waals surface area (Å²) in [5, 5.41) is 11.6. The van der Waals surface area contributed by atoms with E-state index in [1.54, 1.807) is 21.1 Å². The third kappa shape index (κ3) is 41.6. The van der Waals surface area contributed by atoms with E-state index in [-0.39, 0.29) is 49.1 Å². The second kappa shape index (κ2) is 43.9. The maximum Gasteiger partial charge on any atom is 0.306 e. The van der Waals surface area contributed by atoms with Gasteiger partial charge in [-0.15, -0.1) is 0 Å². The molecule has 0 aliphatic carbocycles. The summed E-state index contributed by atoms with van der Waals surface area (Å²) in [7, 11) is 5.39. The van der Waals surface area contributed by atoms with Crippen molar-refractivity contribution in [3.63, 3.8) is 0 Å². The van der Waals surface area contributed by atoms with Crippen LogP contribution in [0.1, 0.15) is 174 Å². The number of hydrogen-bond donors (Lipinski definition) is 0. The number of carbonyl (C=O) groups is 3. The van der Waals surface area contributed by atoms with E-state index in [1.807, 2.05) is 0 Å². The van der Waals surface area contributed by atoms with Crippen molar-refractivity contribution in [2.75, 3.05) is 41.0 Å². The average molecular weight is 864 g/mol. The molecule has 0 bridgehead atoms. The number of hydrogen-bond acceptors (Lipinski definition) is 7. The van der Waals surface area contributed by atoms with Gasteiger partial charge in [0.2, 0.25) is 0 Å². The summed E-state index contributed by atoms with van der Waals surface area (Å²) in [6.45, 7) is 4.46. The average Bonchev–Trinajstić information content (AvgIpc) is 3.23. The Hall–Kier alpha value is -3.75. The van der Waals surface area contributed by atoms with E-state index < -0.39 is 18.1 Å². The summed E-state index contributed by atoms with van der Waals surface area (Å²) >= 11 is 0. The number of ether oxygens (including phenoxy) is 3. The number of quaternary nitrogens is 1. The molecule has 0 saturated heterocycles. The molecule has 0 spiro atoms. The number of aliphatic carboxylic acids is 1. The minimum absolute atomic E-state index is 0.0202. The van der Waals surface area contributed by atoms with E-state index in [0.29, 0.717) is 6.42 Å². The maximum atomic E-state index is 12.8. The Morgan fingerprint density at radius 2 is 0.952 bits per heavy atom. The summed E-state index contributed by atoms with van der Waals surface area (Å²) in [6, 6.07) is -0.739. The lowest BCUT2D eigenvalue weighted by molar-refractivity contribution is -0.889. The number of rotatable bonds is 42. The first kappa shape index (κ1) is 58.2. The van der Waals surface area contributed by atoms with E-state index in [4.69, 9.17) is 14.2 Å². The standard InChI is InChI=1S/C54H89NO7/c1-6-8-10-12-14-16-18-20-22-23-24-25-26-27-28-29-31-33-35-37-39-41-43-45-53(57)62-50(48-60-47-46-51(54(58)59)55(3,4)5)49-61-52(56)44-42-40-38-36-34-32-30-21-19-17-15-13-11-9-7-2/h8,10,14-17,19-22,24-25,27-28,31,33,50-51H,6-7,9,11-13,18,23,26,29-30,32,34-49H2,1-5H3/b10-8+,16-14+,17-15+,21-19+,22-20+,25-24+,28-27+,33-31+. The van der Waals surface area contributed by atoms with Crippen LogP contribution in [0.15, 0.2) is 97.2 Å². The lowest BCUT2D eigenvalue weighted by atomic mass is 10.1. The first-order chi connectivity index (χ1) is 30.1. The molecule has 0 aromatic carbocycles. The third-order valence-corrected chi connectivity index (χ3v) is 10.2. The van der Waals surface area contributed by atoms with Crippen molar-refractivity contribution in [3.8, 4) is 0 Å². The number of carbonyl (C=O) groups excluding carboxylic acids is 3. The van der Waals surface area contributed by atoms with Gasteiger partial charge in [-0.3, -0.25) is 9.59 Å². The van der Waals surface area contributed by atoms with Crippen LogP contribution in [0.2, 0.25) is 0 Å². The quantitative estimate of drug-likeness (QED) is 0.0198. The van der Waals surface area contributed by atoms with Gasteiger partial charge in [0.05, 0.1) is 40.3 Å². The second-order valence-electron chi connectivity index (χ2n) is 17.0. The fourth-order valence-electron chi connectivity index (χ4n) is 6.48. The predicted molar refractivity (Wildman–Crippen MR) is 258 cm³/mol. The first-order valence-corrected chi connectivity index (χ1v) is 24.3. The molecule has 2 unspecified atom stereocenters. The molecule has 0 N–H and O–H groups in total. The Morgan fingerprint density at radius 1 is 0.516 bits per heavy atom. The fourth-order valence-corrected chi connectivity index (χ4v) is 6.48. The van der Waals surface area contributed by atoms with Crippen molar-refractivity contribution in [1.82, 2.24) is 0 Å². The Bertz CT molecular complexity index is 1330. The Labute approximate surface area is 379 Å². The number of allylic oxidation sites excluding steroid dienone is 16. The van der Waals surface area contributed by atoms with Crippen LogP contribution in [-0.2, 0) is 28.6 Å². The van der Waals surface area contributed by atoms with Crippen LogP contribution < -0.4 is 5.11 Å². The molecule has 0 amide bonds. The molecular formula is C54H89NO7. The fraction of sp³-hybridized carbons (Fsp3) is 0.648. The monoisotopic (exact) mass is 864 g/mol. The van der Waals surface area contributed by atoms with E-state index in [2.05, 4.69) is 111 Å². The highest BCUT2D eigenvalue weighted by molar-refractivity contribution is 5.70. The summed E-state index contributed by atoms with van der Waals surface area (Å²) in [5.41, 5.74) is 0. The number of unbranched alkanes of at least 4 members (excludes halogenated alkanes) is 13. The lowest BCUT2D eigenvalue weighted by Crippen LogP contribution is -2.55. The number of carboxylic acids is 1. The van der Waals surface area contributed by atoms with Gasteiger partial charge in [0.1, 0.15) is 12.6 Å². The molecule has 0 aliphatic rings. The summed E-state index contributed by atoms with van der Waals surface area (Å²) in [6.07, 6.45) is 58.6. The summed E-state index contributed by atoms with van der Waals surface area (Å²) < 4.78 is 17.2. The molecule has 2 atom stereocenters. The van der Waals surface area contributed by atoms with Gasteiger partial charge in [0.25, 0.3) is 0 Å². The summed E-state index contributed by atoms with van der Waals surface area (Å²) in [5.74, 6) is -1.79. The zero-order valence-corrected chi connectivity index (χ0v) is 40.0. The van der Waals surface area contributed by atoms with Crippen LogP contribution >= 0.6 is 0 Å². The molecule has 8 heteroatoms. The van der Waals surface area contributed by atoms with Gasteiger partial charge in [0.15, 0.2) is 6.10 Å². The predicted octanol–water partition coefficient (Wildman–Crippen LogP) is 12.5. The van der Waals surface area contributed by atoms with Gasteiger partial charge in [-0.25, -0.2) is 0 Å².